The Bertz CT molecular complexity index is 1120. The van der Waals surface area contributed by atoms with Crippen LogP contribution in [0.2, 0.25) is 10.0 Å². The maximum atomic E-state index is 13.6. The second-order valence-electron chi connectivity index (χ2n) is 8.93. The summed E-state index contributed by atoms with van der Waals surface area (Å²) < 4.78 is 5.76. The summed E-state index contributed by atoms with van der Waals surface area (Å²) >= 11 is 12.1. The van der Waals surface area contributed by atoms with Crippen molar-refractivity contribution in [3.05, 3.63) is 100 Å². The zero-order chi connectivity index (χ0) is 25.9. The fourth-order valence-corrected chi connectivity index (χ4v) is 4.19. The first-order valence-corrected chi connectivity index (χ1v) is 12.8. The molecule has 1 atom stereocenters. The van der Waals surface area contributed by atoms with E-state index in [1.165, 1.54) is 0 Å². The van der Waals surface area contributed by atoms with E-state index in [1.807, 2.05) is 62.4 Å². The summed E-state index contributed by atoms with van der Waals surface area (Å²) in [5, 5.41) is 4.22. The number of rotatable bonds is 12. The monoisotopic (exact) mass is 526 g/mol. The summed E-state index contributed by atoms with van der Waals surface area (Å²) in [5.74, 6) is 0.400. The molecule has 190 valence electrons. The van der Waals surface area contributed by atoms with Crippen molar-refractivity contribution in [2.24, 2.45) is 0 Å². The fraction of sp³-hybridized carbons (Fsp3) is 0.310. The van der Waals surface area contributed by atoms with Crippen molar-refractivity contribution in [2.45, 2.75) is 51.7 Å². The lowest BCUT2D eigenvalue weighted by Crippen LogP contribution is -2.51. The van der Waals surface area contributed by atoms with Crippen molar-refractivity contribution in [1.29, 1.82) is 0 Å². The fourth-order valence-electron chi connectivity index (χ4n) is 3.85. The molecule has 0 aliphatic carbocycles. The number of carbonyl (C=O) groups excluding carboxylic acids is 2. The minimum Gasteiger partial charge on any atom is -0.494 e. The predicted octanol–water partition coefficient (Wildman–Crippen LogP) is 6.32. The lowest BCUT2D eigenvalue weighted by atomic mass is 10.0. The first kappa shape index (κ1) is 27.6. The molecule has 0 aliphatic heterocycles. The molecule has 7 heteroatoms. The van der Waals surface area contributed by atoms with Gasteiger partial charge in [0, 0.05) is 35.5 Å². The Morgan fingerprint density at radius 1 is 0.889 bits per heavy atom. The third kappa shape index (κ3) is 8.89. The van der Waals surface area contributed by atoms with Gasteiger partial charge in [-0.05, 0) is 67.8 Å². The maximum Gasteiger partial charge on any atom is 0.243 e. The Hall–Kier alpha value is -3.02. The number of amides is 2. The van der Waals surface area contributed by atoms with Crippen LogP contribution in [-0.2, 0) is 22.6 Å². The van der Waals surface area contributed by atoms with Gasteiger partial charge in [-0.3, -0.25) is 9.59 Å². The molecule has 0 spiro atoms. The number of nitrogens with one attached hydrogen (secondary N) is 1. The Kier molecular flexibility index (Phi) is 10.6. The van der Waals surface area contributed by atoms with Crippen molar-refractivity contribution in [1.82, 2.24) is 10.2 Å². The highest BCUT2D eigenvalue weighted by Crippen LogP contribution is 2.20. The summed E-state index contributed by atoms with van der Waals surface area (Å²) in [7, 11) is 0. The number of hydrogen-bond donors (Lipinski definition) is 1. The molecule has 1 N–H and O–H groups in total. The highest BCUT2D eigenvalue weighted by Gasteiger charge is 2.30. The van der Waals surface area contributed by atoms with Gasteiger partial charge in [0.15, 0.2) is 0 Å². The third-order valence-electron chi connectivity index (χ3n) is 5.56. The summed E-state index contributed by atoms with van der Waals surface area (Å²) in [6, 6.07) is 23.5. The SMILES string of the molecule is CC(C)NC(=O)[C@H](Cc1ccccc1)N(Cc1cccc(Cl)c1)C(=O)CCCOc1ccc(Cl)cc1. The molecule has 5 nitrogen and oxygen atoms in total. The molecule has 36 heavy (non-hydrogen) atoms. The second-order valence-corrected chi connectivity index (χ2v) is 9.80. The van der Waals surface area contributed by atoms with Crippen LogP contribution in [0.4, 0.5) is 0 Å². The minimum atomic E-state index is -0.668. The van der Waals surface area contributed by atoms with Crippen molar-refractivity contribution in [3.63, 3.8) is 0 Å². The van der Waals surface area contributed by atoms with E-state index >= 15 is 0 Å². The lowest BCUT2D eigenvalue weighted by molar-refractivity contribution is -0.141. The summed E-state index contributed by atoms with van der Waals surface area (Å²) in [6.45, 7) is 4.48. The number of ether oxygens (including phenoxy) is 1. The maximum absolute atomic E-state index is 13.6. The van der Waals surface area contributed by atoms with Gasteiger partial charge in [-0.1, -0.05) is 65.7 Å². The van der Waals surface area contributed by atoms with Crippen LogP contribution in [0.1, 0.15) is 37.8 Å². The zero-order valence-electron chi connectivity index (χ0n) is 20.6. The quantitative estimate of drug-likeness (QED) is 0.281. The molecule has 0 aromatic heterocycles. The van der Waals surface area contributed by atoms with Gasteiger partial charge in [-0.2, -0.15) is 0 Å². The molecule has 0 heterocycles. The van der Waals surface area contributed by atoms with Gasteiger partial charge < -0.3 is 15.0 Å². The van der Waals surface area contributed by atoms with E-state index in [1.54, 1.807) is 35.2 Å². The number of carbonyl (C=O) groups is 2. The van der Waals surface area contributed by atoms with Crippen LogP contribution >= 0.6 is 23.2 Å². The van der Waals surface area contributed by atoms with Crippen LogP contribution in [0.25, 0.3) is 0 Å². The van der Waals surface area contributed by atoms with Gasteiger partial charge in [0.1, 0.15) is 11.8 Å². The Morgan fingerprint density at radius 2 is 1.58 bits per heavy atom. The highest BCUT2D eigenvalue weighted by atomic mass is 35.5. The van der Waals surface area contributed by atoms with Crippen LogP contribution in [0.5, 0.6) is 5.75 Å². The predicted molar refractivity (Wildman–Crippen MR) is 145 cm³/mol. The van der Waals surface area contributed by atoms with Crippen LogP contribution < -0.4 is 10.1 Å². The van der Waals surface area contributed by atoms with Crippen LogP contribution in [0.15, 0.2) is 78.9 Å². The van der Waals surface area contributed by atoms with Crippen molar-refractivity contribution >= 4 is 35.0 Å². The van der Waals surface area contributed by atoms with Crippen LogP contribution in [-0.4, -0.2) is 35.4 Å². The van der Waals surface area contributed by atoms with E-state index in [0.717, 1.165) is 11.1 Å². The molecule has 3 aromatic carbocycles. The third-order valence-corrected chi connectivity index (χ3v) is 6.05. The zero-order valence-corrected chi connectivity index (χ0v) is 22.1. The van der Waals surface area contributed by atoms with Crippen LogP contribution in [0, 0.1) is 0 Å². The van der Waals surface area contributed by atoms with Gasteiger partial charge in [0.05, 0.1) is 6.61 Å². The highest BCUT2D eigenvalue weighted by molar-refractivity contribution is 6.30. The lowest BCUT2D eigenvalue weighted by Gasteiger charge is -2.32. The molecule has 2 amide bonds. The van der Waals surface area contributed by atoms with E-state index in [-0.39, 0.29) is 30.8 Å². The minimum absolute atomic E-state index is 0.0494. The molecule has 0 fully saturated rings. The molecule has 0 radical (unpaired) electrons. The van der Waals surface area contributed by atoms with E-state index in [9.17, 15) is 9.59 Å². The van der Waals surface area contributed by atoms with Crippen molar-refractivity contribution < 1.29 is 14.3 Å². The van der Waals surface area contributed by atoms with Crippen molar-refractivity contribution in [3.8, 4) is 5.75 Å². The molecule has 3 aromatic rings. The number of benzene rings is 3. The first-order valence-electron chi connectivity index (χ1n) is 12.1. The average molecular weight is 527 g/mol. The largest absolute Gasteiger partial charge is 0.494 e. The molecule has 0 bridgehead atoms. The number of hydrogen-bond acceptors (Lipinski definition) is 3. The van der Waals surface area contributed by atoms with Gasteiger partial charge in [0.25, 0.3) is 0 Å². The molecule has 0 saturated heterocycles. The number of halogens is 2. The molecule has 0 aliphatic rings. The normalized spacial score (nSPS) is 11.7. The molecule has 0 saturated carbocycles. The summed E-state index contributed by atoms with van der Waals surface area (Å²) in [6.07, 6.45) is 1.17. The smallest absolute Gasteiger partial charge is 0.243 e. The molecular formula is C29H32Cl2N2O3. The first-order chi connectivity index (χ1) is 17.3. The topological polar surface area (TPSA) is 58.6 Å². The van der Waals surface area contributed by atoms with E-state index in [4.69, 9.17) is 27.9 Å². The Labute approximate surface area is 223 Å². The Balaban J connectivity index is 1.78. The van der Waals surface area contributed by atoms with Gasteiger partial charge in [-0.15, -0.1) is 0 Å². The standard InChI is InChI=1S/C29H32Cl2N2O3/c1-21(2)32-29(35)27(19-22-8-4-3-5-9-22)33(20-23-10-6-11-25(31)18-23)28(34)12-7-17-36-26-15-13-24(30)14-16-26/h3-6,8-11,13-16,18,21,27H,7,12,17,19-20H2,1-2H3,(H,32,35)/t27-/m0/s1. The van der Waals surface area contributed by atoms with E-state index < -0.39 is 6.04 Å². The van der Waals surface area contributed by atoms with Crippen molar-refractivity contribution in [2.75, 3.05) is 6.61 Å². The summed E-state index contributed by atoms with van der Waals surface area (Å²) in [4.78, 5) is 28.6. The Morgan fingerprint density at radius 3 is 2.25 bits per heavy atom. The molecule has 0 unspecified atom stereocenters. The second kappa shape index (κ2) is 13.9. The van der Waals surface area contributed by atoms with Crippen LogP contribution in [0.3, 0.4) is 0 Å². The van der Waals surface area contributed by atoms with E-state index in [2.05, 4.69) is 5.32 Å². The van der Waals surface area contributed by atoms with E-state index in [0.29, 0.717) is 35.2 Å². The molecular weight excluding hydrogens is 495 g/mol. The molecule has 3 rings (SSSR count). The van der Waals surface area contributed by atoms with Gasteiger partial charge in [0.2, 0.25) is 11.8 Å². The number of nitrogens with zero attached hydrogens (tertiary/aromatic N) is 1. The summed E-state index contributed by atoms with van der Waals surface area (Å²) in [5.41, 5.74) is 1.85. The van der Waals surface area contributed by atoms with Gasteiger partial charge in [-0.25, -0.2) is 0 Å². The van der Waals surface area contributed by atoms with Gasteiger partial charge >= 0.3 is 0 Å². The average Bonchev–Trinajstić information content (AvgIpc) is 2.85.